The number of nitriles is 1. The van der Waals surface area contributed by atoms with Gasteiger partial charge in [0, 0.05) is 28.6 Å². The van der Waals surface area contributed by atoms with E-state index in [1.165, 1.54) is 0 Å². The molecule has 2 aromatic carbocycles. The molecule has 1 aromatic heterocycles. The van der Waals surface area contributed by atoms with Crippen molar-refractivity contribution in [1.29, 1.82) is 5.26 Å². The minimum Gasteiger partial charge on any atom is -0.372 e. The molecule has 0 atom stereocenters. The van der Waals surface area contributed by atoms with Crippen LogP contribution in [-0.2, 0) is 19.5 Å². The Hall–Kier alpha value is -2.81. The number of fused-ring (bicyclic) bond motifs is 1. The van der Waals surface area contributed by atoms with Crippen molar-refractivity contribution >= 4 is 33.8 Å². The Morgan fingerprint density at radius 1 is 1.18 bits per heavy atom. The molecule has 0 fully saturated rings. The van der Waals surface area contributed by atoms with Gasteiger partial charge in [-0.1, -0.05) is 41.9 Å². The number of hydrogen-bond acceptors (Lipinski definition) is 4. The third kappa shape index (κ3) is 3.75. The normalized spacial score (nSPS) is 12.9. The highest BCUT2D eigenvalue weighted by Gasteiger charge is 2.27. The van der Waals surface area contributed by atoms with Crippen molar-refractivity contribution in [3.05, 3.63) is 86.8 Å². The Kier molecular flexibility index (Phi) is 5.34. The number of nitrogens with one attached hydrogen (secondary N) is 1. The van der Waals surface area contributed by atoms with Gasteiger partial charge in [0.2, 0.25) is 0 Å². The van der Waals surface area contributed by atoms with Crippen LogP contribution in [0.1, 0.15) is 31.9 Å². The largest absolute Gasteiger partial charge is 0.372 e. The molecule has 3 aromatic rings. The van der Waals surface area contributed by atoms with Crippen LogP contribution in [0.3, 0.4) is 0 Å². The first-order valence-electron chi connectivity index (χ1n) is 9.03. The molecule has 0 aliphatic carbocycles. The van der Waals surface area contributed by atoms with Gasteiger partial charge in [0.25, 0.3) is 5.91 Å². The first kappa shape index (κ1) is 18.5. The monoisotopic (exact) mass is 407 g/mol. The van der Waals surface area contributed by atoms with Crippen LogP contribution in [0.5, 0.6) is 0 Å². The second-order valence-electron chi connectivity index (χ2n) is 6.64. The van der Waals surface area contributed by atoms with Crippen LogP contribution in [0.25, 0.3) is 0 Å². The predicted molar refractivity (Wildman–Crippen MR) is 113 cm³/mol. The van der Waals surface area contributed by atoms with Crippen molar-refractivity contribution in [2.45, 2.75) is 19.5 Å². The van der Waals surface area contributed by atoms with E-state index in [0.29, 0.717) is 36.6 Å². The number of carbonyl (C=O) groups excluding carboxylic acids is 1. The topological polar surface area (TPSA) is 56.1 Å². The highest BCUT2D eigenvalue weighted by molar-refractivity contribution is 7.16. The van der Waals surface area contributed by atoms with E-state index in [1.54, 1.807) is 35.6 Å². The second-order valence-corrected chi connectivity index (χ2v) is 8.18. The molecule has 2 heterocycles. The Labute approximate surface area is 173 Å². The molecular weight excluding hydrogens is 390 g/mol. The standard InChI is InChI=1S/C22H18ClN3OS/c23-17-8-6-16(7-9-17)22(27)26-11-10-18-19(12-24)21(28-20(18)14-26)25-13-15-4-2-1-3-5-15/h1-9,25H,10-11,13-14H2. The fraction of sp³-hybridized carbons (Fsp3) is 0.182. The molecular formula is C22H18ClN3OS. The number of benzene rings is 2. The summed E-state index contributed by atoms with van der Waals surface area (Å²) in [5.41, 5.74) is 3.59. The van der Waals surface area contributed by atoms with Crippen LogP contribution in [0.4, 0.5) is 5.00 Å². The SMILES string of the molecule is N#Cc1c(NCc2ccccc2)sc2c1CCN(C(=O)c1ccc(Cl)cc1)C2. The molecule has 0 saturated carbocycles. The van der Waals surface area contributed by atoms with E-state index >= 15 is 0 Å². The van der Waals surface area contributed by atoms with E-state index in [1.807, 2.05) is 23.1 Å². The Balaban J connectivity index is 1.52. The number of hydrogen-bond donors (Lipinski definition) is 1. The fourth-order valence-electron chi connectivity index (χ4n) is 3.37. The first-order chi connectivity index (χ1) is 13.7. The van der Waals surface area contributed by atoms with Crippen LogP contribution in [-0.4, -0.2) is 17.4 Å². The fourth-order valence-corrected chi connectivity index (χ4v) is 4.71. The van der Waals surface area contributed by atoms with Crippen LogP contribution < -0.4 is 5.32 Å². The second kappa shape index (κ2) is 8.05. The van der Waals surface area contributed by atoms with Crippen molar-refractivity contribution in [3.63, 3.8) is 0 Å². The first-order valence-corrected chi connectivity index (χ1v) is 10.2. The van der Waals surface area contributed by atoms with Gasteiger partial charge in [-0.05, 0) is 41.8 Å². The van der Waals surface area contributed by atoms with Crippen molar-refractivity contribution in [3.8, 4) is 6.07 Å². The van der Waals surface area contributed by atoms with Gasteiger partial charge in [-0.2, -0.15) is 5.26 Å². The number of nitrogens with zero attached hydrogens (tertiary/aromatic N) is 2. The van der Waals surface area contributed by atoms with Crippen LogP contribution in [0, 0.1) is 11.3 Å². The summed E-state index contributed by atoms with van der Waals surface area (Å²) in [5.74, 6) is -0.00646. The number of carbonyl (C=O) groups is 1. The summed E-state index contributed by atoms with van der Waals surface area (Å²) in [6, 6.07) is 19.4. The zero-order valence-corrected chi connectivity index (χ0v) is 16.7. The Bertz CT molecular complexity index is 1040. The Morgan fingerprint density at radius 2 is 1.93 bits per heavy atom. The predicted octanol–water partition coefficient (Wildman–Crippen LogP) is 5.08. The molecule has 0 unspecified atom stereocenters. The third-order valence-corrected chi connectivity index (χ3v) is 6.27. The van der Waals surface area contributed by atoms with E-state index in [4.69, 9.17) is 11.6 Å². The molecule has 1 N–H and O–H groups in total. The third-order valence-electron chi connectivity index (χ3n) is 4.84. The molecule has 0 bridgehead atoms. The zero-order valence-electron chi connectivity index (χ0n) is 15.1. The maximum absolute atomic E-state index is 12.8. The van der Waals surface area contributed by atoms with Crippen LogP contribution >= 0.6 is 22.9 Å². The van der Waals surface area contributed by atoms with Crippen LogP contribution in [0.15, 0.2) is 54.6 Å². The van der Waals surface area contributed by atoms with Gasteiger partial charge in [-0.25, -0.2) is 0 Å². The summed E-state index contributed by atoms with van der Waals surface area (Å²) in [7, 11) is 0. The zero-order chi connectivity index (χ0) is 19.5. The van der Waals surface area contributed by atoms with Crippen molar-refractivity contribution in [1.82, 2.24) is 4.90 Å². The summed E-state index contributed by atoms with van der Waals surface area (Å²) in [6.07, 6.45) is 0.696. The minimum atomic E-state index is -0.00646. The lowest BCUT2D eigenvalue weighted by Crippen LogP contribution is -2.35. The summed E-state index contributed by atoms with van der Waals surface area (Å²) in [5, 5.41) is 14.6. The van der Waals surface area contributed by atoms with Gasteiger partial charge < -0.3 is 10.2 Å². The minimum absolute atomic E-state index is 0.00646. The maximum Gasteiger partial charge on any atom is 0.254 e. The van der Waals surface area contributed by atoms with Crippen molar-refractivity contribution < 1.29 is 4.79 Å². The van der Waals surface area contributed by atoms with Gasteiger partial charge >= 0.3 is 0 Å². The van der Waals surface area contributed by atoms with Gasteiger partial charge in [0.1, 0.15) is 11.1 Å². The van der Waals surface area contributed by atoms with E-state index in [-0.39, 0.29) is 5.91 Å². The van der Waals surface area contributed by atoms with Gasteiger partial charge in [-0.3, -0.25) is 4.79 Å². The van der Waals surface area contributed by atoms with Gasteiger partial charge in [0.15, 0.2) is 0 Å². The van der Waals surface area contributed by atoms with E-state index in [2.05, 4.69) is 23.5 Å². The lowest BCUT2D eigenvalue weighted by Gasteiger charge is -2.27. The molecule has 6 heteroatoms. The van der Waals surface area contributed by atoms with Crippen molar-refractivity contribution in [2.75, 3.05) is 11.9 Å². The molecule has 4 rings (SSSR count). The van der Waals surface area contributed by atoms with Gasteiger partial charge in [-0.15, -0.1) is 11.3 Å². The van der Waals surface area contributed by atoms with Crippen molar-refractivity contribution in [2.24, 2.45) is 0 Å². The summed E-state index contributed by atoms with van der Waals surface area (Å²) in [4.78, 5) is 15.7. The van der Waals surface area contributed by atoms with Crippen LogP contribution in [0.2, 0.25) is 5.02 Å². The maximum atomic E-state index is 12.8. The molecule has 0 radical (unpaired) electrons. The number of halogens is 1. The molecule has 1 aliphatic heterocycles. The lowest BCUT2D eigenvalue weighted by atomic mass is 10.0. The summed E-state index contributed by atoms with van der Waals surface area (Å²) in [6.45, 7) is 1.81. The molecule has 1 amide bonds. The molecule has 0 spiro atoms. The molecule has 4 nitrogen and oxygen atoms in total. The lowest BCUT2D eigenvalue weighted by molar-refractivity contribution is 0.0737. The van der Waals surface area contributed by atoms with E-state index in [0.717, 1.165) is 26.6 Å². The molecule has 0 saturated heterocycles. The van der Waals surface area contributed by atoms with E-state index in [9.17, 15) is 10.1 Å². The van der Waals surface area contributed by atoms with Gasteiger partial charge in [0.05, 0.1) is 12.1 Å². The highest BCUT2D eigenvalue weighted by Crippen LogP contribution is 2.37. The summed E-state index contributed by atoms with van der Waals surface area (Å²) < 4.78 is 0. The molecule has 140 valence electrons. The smallest absolute Gasteiger partial charge is 0.254 e. The Morgan fingerprint density at radius 3 is 2.64 bits per heavy atom. The number of amides is 1. The summed E-state index contributed by atoms with van der Waals surface area (Å²) >= 11 is 7.49. The number of anilines is 1. The average molecular weight is 408 g/mol. The van der Waals surface area contributed by atoms with E-state index < -0.39 is 0 Å². The molecule has 1 aliphatic rings. The molecule has 28 heavy (non-hydrogen) atoms. The average Bonchev–Trinajstić information content (AvgIpc) is 3.09. The highest BCUT2D eigenvalue weighted by atomic mass is 35.5. The number of rotatable bonds is 4. The number of thiophene rings is 1. The quantitative estimate of drug-likeness (QED) is 0.655.